The van der Waals surface area contributed by atoms with Crippen molar-refractivity contribution in [2.45, 2.75) is 39.2 Å². The number of imide groups is 1. The molecule has 0 aliphatic carbocycles. The number of allylic oxidation sites excluding steroid dienone is 1. The molecule has 1 aliphatic heterocycles. The summed E-state index contributed by atoms with van der Waals surface area (Å²) < 4.78 is 5.24. The molecule has 8 heteroatoms. The molecule has 8 nitrogen and oxygen atoms in total. The van der Waals surface area contributed by atoms with Crippen molar-refractivity contribution < 1.29 is 23.9 Å². The smallest absolute Gasteiger partial charge is 0.412 e. The molecule has 0 aromatic heterocycles. The van der Waals surface area contributed by atoms with Gasteiger partial charge in [-0.3, -0.25) is 24.6 Å². The van der Waals surface area contributed by atoms with Crippen LogP contribution in [0.3, 0.4) is 0 Å². The molecular weight excluding hydrogens is 422 g/mol. The highest BCUT2D eigenvalue weighted by Crippen LogP contribution is 2.23. The van der Waals surface area contributed by atoms with Crippen LogP contribution in [0.25, 0.3) is 0 Å². The minimum atomic E-state index is -0.641. The van der Waals surface area contributed by atoms with Gasteiger partial charge < -0.3 is 10.1 Å². The predicted octanol–water partition coefficient (Wildman–Crippen LogP) is 4.60. The first kappa shape index (κ1) is 23.7. The molecule has 1 heterocycles. The number of hydrogen-bond donors (Lipinski definition) is 2. The predicted molar refractivity (Wildman–Crippen MR) is 125 cm³/mol. The molecular formula is C25H27N3O5. The first-order valence-corrected chi connectivity index (χ1v) is 10.7. The van der Waals surface area contributed by atoms with Crippen molar-refractivity contribution >= 4 is 35.2 Å². The van der Waals surface area contributed by atoms with Crippen LogP contribution in [-0.2, 0) is 9.53 Å². The van der Waals surface area contributed by atoms with Crippen molar-refractivity contribution in [1.29, 1.82) is 0 Å². The summed E-state index contributed by atoms with van der Waals surface area (Å²) in [5.41, 5.74) is 1.06. The maximum atomic E-state index is 12.4. The van der Waals surface area contributed by atoms with Gasteiger partial charge in [-0.05, 0) is 64.0 Å². The zero-order valence-electron chi connectivity index (χ0n) is 18.9. The summed E-state index contributed by atoms with van der Waals surface area (Å²) in [4.78, 5) is 50.3. The van der Waals surface area contributed by atoms with Crippen molar-refractivity contribution in [3.05, 3.63) is 71.8 Å². The van der Waals surface area contributed by atoms with E-state index in [0.29, 0.717) is 35.3 Å². The number of rotatable bonds is 7. The maximum Gasteiger partial charge on any atom is 0.412 e. The van der Waals surface area contributed by atoms with Crippen LogP contribution in [0.2, 0.25) is 0 Å². The number of carbonyl (C=O) groups excluding carboxylic acids is 4. The van der Waals surface area contributed by atoms with Gasteiger partial charge in [0.15, 0.2) is 0 Å². The van der Waals surface area contributed by atoms with E-state index in [-0.39, 0.29) is 24.3 Å². The van der Waals surface area contributed by atoms with E-state index in [9.17, 15) is 19.2 Å². The van der Waals surface area contributed by atoms with Gasteiger partial charge in [0.1, 0.15) is 5.60 Å². The highest BCUT2D eigenvalue weighted by Gasteiger charge is 2.34. The Bertz CT molecular complexity index is 1070. The standard InChI is InChI=1S/C25H27N3O5/c1-25(2,3)33-24(32)27-20-14-9-8-13-19(20)26-21(29)15-5-4-10-16-28-22(30)17-11-6-7-12-18(17)23(28)31/h5-9,11-15H,4,10,16H2,1-3H3,(H,26,29)(H,27,32). The number of para-hydroxylation sites is 2. The number of benzene rings is 2. The average molecular weight is 450 g/mol. The van der Waals surface area contributed by atoms with Gasteiger partial charge in [-0.25, -0.2) is 4.79 Å². The molecule has 3 rings (SSSR count). The molecule has 4 amide bonds. The van der Waals surface area contributed by atoms with E-state index in [4.69, 9.17) is 4.74 Å². The Labute approximate surface area is 192 Å². The van der Waals surface area contributed by atoms with Gasteiger partial charge in [-0.1, -0.05) is 30.3 Å². The fraction of sp³-hybridized carbons (Fsp3) is 0.280. The lowest BCUT2D eigenvalue weighted by Gasteiger charge is -2.20. The van der Waals surface area contributed by atoms with Gasteiger partial charge in [0.2, 0.25) is 5.91 Å². The number of anilines is 2. The van der Waals surface area contributed by atoms with E-state index in [2.05, 4.69) is 10.6 Å². The second-order valence-corrected chi connectivity index (χ2v) is 8.51. The number of fused-ring (bicyclic) bond motifs is 1. The number of hydrogen-bond acceptors (Lipinski definition) is 5. The summed E-state index contributed by atoms with van der Waals surface area (Å²) in [5, 5.41) is 5.35. The summed E-state index contributed by atoms with van der Waals surface area (Å²) in [6, 6.07) is 13.6. The van der Waals surface area contributed by atoms with Crippen molar-refractivity contribution in [3.63, 3.8) is 0 Å². The molecule has 0 saturated carbocycles. The van der Waals surface area contributed by atoms with Gasteiger partial charge in [-0.15, -0.1) is 0 Å². The van der Waals surface area contributed by atoms with Crippen LogP contribution in [0, 0.1) is 0 Å². The minimum absolute atomic E-state index is 0.279. The van der Waals surface area contributed by atoms with E-state index in [1.807, 2.05) is 0 Å². The van der Waals surface area contributed by atoms with Gasteiger partial charge in [-0.2, -0.15) is 0 Å². The summed E-state index contributed by atoms with van der Waals surface area (Å²) in [5.74, 6) is -0.938. The number of nitrogens with zero attached hydrogens (tertiary/aromatic N) is 1. The molecule has 33 heavy (non-hydrogen) atoms. The first-order chi connectivity index (χ1) is 15.7. The molecule has 1 aliphatic rings. The molecule has 2 aromatic rings. The normalized spacial score (nSPS) is 13.2. The van der Waals surface area contributed by atoms with Crippen LogP contribution in [-0.4, -0.2) is 40.9 Å². The molecule has 0 saturated heterocycles. The van der Waals surface area contributed by atoms with E-state index in [0.717, 1.165) is 0 Å². The van der Waals surface area contributed by atoms with E-state index in [1.165, 1.54) is 11.0 Å². The topological polar surface area (TPSA) is 105 Å². The molecule has 0 bridgehead atoms. The molecule has 2 N–H and O–H groups in total. The highest BCUT2D eigenvalue weighted by atomic mass is 16.6. The molecule has 172 valence electrons. The SMILES string of the molecule is CC(C)(C)OC(=O)Nc1ccccc1NC(=O)C=CCCCN1C(=O)c2ccccc2C1=O. The van der Waals surface area contributed by atoms with Crippen LogP contribution in [0.15, 0.2) is 60.7 Å². The van der Waals surface area contributed by atoms with Crippen LogP contribution in [0.5, 0.6) is 0 Å². The third-order valence-corrected chi connectivity index (χ3v) is 4.72. The molecule has 0 spiro atoms. The Kier molecular flexibility index (Phi) is 7.27. The van der Waals surface area contributed by atoms with E-state index in [1.54, 1.807) is 75.4 Å². The number of amides is 4. The second kappa shape index (κ2) is 10.1. The van der Waals surface area contributed by atoms with Crippen LogP contribution in [0.4, 0.5) is 16.2 Å². The van der Waals surface area contributed by atoms with Crippen molar-refractivity contribution in [3.8, 4) is 0 Å². The quantitative estimate of drug-likeness (QED) is 0.365. The van der Waals surface area contributed by atoms with Crippen LogP contribution < -0.4 is 10.6 Å². The number of nitrogens with one attached hydrogen (secondary N) is 2. The Morgan fingerprint density at radius 1 is 0.909 bits per heavy atom. The Morgan fingerprint density at radius 2 is 1.45 bits per heavy atom. The average Bonchev–Trinajstić information content (AvgIpc) is 2.98. The van der Waals surface area contributed by atoms with Crippen molar-refractivity contribution in [2.24, 2.45) is 0 Å². The Morgan fingerprint density at radius 3 is 2.03 bits per heavy atom. The fourth-order valence-corrected chi connectivity index (χ4v) is 3.29. The molecule has 2 aromatic carbocycles. The maximum absolute atomic E-state index is 12.4. The third kappa shape index (κ3) is 6.29. The van der Waals surface area contributed by atoms with Crippen LogP contribution in [0.1, 0.15) is 54.3 Å². The first-order valence-electron chi connectivity index (χ1n) is 10.7. The van der Waals surface area contributed by atoms with Gasteiger partial charge in [0, 0.05) is 6.54 Å². The van der Waals surface area contributed by atoms with Gasteiger partial charge in [0.25, 0.3) is 11.8 Å². The second-order valence-electron chi connectivity index (χ2n) is 8.51. The minimum Gasteiger partial charge on any atom is -0.444 e. The molecule has 0 atom stereocenters. The largest absolute Gasteiger partial charge is 0.444 e. The molecule has 0 radical (unpaired) electrons. The Balaban J connectivity index is 1.48. The van der Waals surface area contributed by atoms with E-state index < -0.39 is 11.7 Å². The zero-order chi connectivity index (χ0) is 24.0. The number of carbonyl (C=O) groups is 4. The lowest BCUT2D eigenvalue weighted by Crippen LogP contribution is -2.30. The highest BCUT2D eigenvalue weighted by molar-refractivity contribution is 6.21. The lowest BCUT2D eigenvalue weighted by atomic mass is 10.1. The zero-order valence-corrected chi connectivity index (χ0v) is 18.9. The number of unbranched alkanes of at least 4 members (excludes halogenated alkanes) is 1. The molecule has 0 fully saturated rings. The summed E-state index contributed by atoms with van der Waals surface area (Å²) in [6.07, 6.45) is 3.49. The Hall–Kier alpha value is -3.94. The van der Waals surface area contributed by atoms with Gasteiger partial charge >= 0.3 is 6.09 Å². The van der Waals surface area contributed by atoms with Crippen molar-refractivity contribution in [1.82, 2.24) is 4.90 Å². The van der Waals surface area contributed by atoms with E-state index >= 15 is 0 Å². The summed E-state index contributed by atoms with van der Waals surface area (Å²) in [6.45, 7) is 5.57. The van der Waals surface area contributed by atoms with Crippen molar-refractivity contribution in [2.75, 3.05) is 17.2 Å². The monoisotopic (exact) mass is 449 g/mol. The van der Waals surface area contributed by atoms with Gasteiger partial charge in [0.05, 0.1) is 22.5 Å². The fourth-order valence-electron chi connectivity index (χ4n) is 3.29. The summed E-state index contributed by atoms with van der Waals surface area (Å²) >= 11 is 0. The lowest BCUT2D eigenvalue weighted by molar-refractivity contribution is -0.111. The third-order valence-electron chi connectivity index (χ3n) is 4.72. The number of ether oxygens (including phenoxy) is 1. The van der Waals surface area contributed by atoms with Crippen LogP contribution >= 0.6 is 0 Å². The molecule has 0 unspecified atom stereocenters. The summed E-state index contributed by atoms with van der Waals surface area (Å²) in [7, 11) is 0.